The number of nitrogens with zero attached hydrogens (tertiary/aromatic N) is 3. The molecular formula is C18H25N3O3. The molecule has 0 amide bonds. The number of hydrogen-bond donors (Lipinski definition) is 1. The van der Waals surface area contributed by atoms with Gasteiger partial charge in [-0.05, 0) is 38.1 Å². The van der Waals surface area contributed by atoms with Gasteiger partial charge >= 0.3 is 0 Å². The quantitative estimate of drug-likeness (QED) is 0.843. The molecule has 2 aromatic rings. The molecule has 1 aliphatic rings. The number of fused-ring (bicyclic) bond motifs is 1. The van der Waals surface area contributed by atoms with Gasteiger partial charge in [0, 0.05) is 24.3 Å². The van der Waals surface area contributed by atoms with Crippen molar-refractivity contribution in [2.75, 3.05) is 19.9 Å². The first-order chi connectivity index (χ1) is 11.6. The normalized spacial score (nSPS) is 13.0. The first kappa shape index (κ1) is 16.8. The van der Waals surface area contributed by atoms with Crippen LogP contribution in [0.5, 0.6) is 11.5 Å². The zero-order valence-corrected chi connectivity index (χ0v) is 14.6. The molecule has 130 valence electrons. The molecule has 3 rings (SSSR count). The Kier molecular flexibility index (Phi) is 5.06. The lowest BCUT2D eigenvalue weighted by molar-refractivity contribution is 0.174. The van der Waals surface area contributed by atoms with E-state index in [2.05, 4.69) is 36.0 Å². The number of aliphatic hydroxyl groups excluding tert-OH is 1. The Labute approximate surface area is 142 Å². The van der Waals surface area contributed by atoms with E-state index >= 15 is 0 Å². The first-order valence-electron chi connectivity index (χ1n) is 8.37. The van der Waals surface area contributed by atoms with E-state index in [4.69, 9.17) is 14.6 Å². The second-order valence-corrected chi connectivity index (χ2v) is 6.09. The zero-order valence-electron chi connectivity index (χ0n) is 14.6. The highest BCUT2D eigenvalue weighted by atomic mass is 16.7. The van der Waals surface area contributed by atoms with Crippen LogP contribution in [0, 0.1) is 13.8 Å². The first-order valence-corrected chi connectivity index (χ1v) is 8.37. The summed E-state index contributed by atoms with van der Waals surface area (Å²) in [4.78, 5) is 2.37. The summed E-state index contributed by atoms with van der Waals surface area (Å²) in [6, 6.07) is 6.12. The molecule has 2 heterocycles. The van der Waals surface area contributed by atoms with Gasteiger partial charge < -0.3 is 14.6 Å². The number of aliphatic hydroxyl groups is 1. The SMILES string of the molecule is CCN(Cc1ccc2c(c1)OCO2)Cc1c(C)nn(CCO)c1C. The van der Waals surface area contributed by atoms with Crippen molar-refractivity contribution < 1.29 is 14.6 Å². The average molecular weight is 331 g/mol. The molecule has 1 aliphatic heterocycles. The molecule has 0 fully saturated rings. The highest BCUT2D eigenvalue weighted by Crippen LogP contribution is 2.33. The van der Waals surface area contributed by atoms with Gasteiger partial charge in [-0.2, -0.15) is 5.10 Å². The molecule has 0 unspecified atom stereocenters. The van der Waals surface area contributed by atoms with Gasteiger partial charge in [-0.15, -0.1) is 0 Å². The van der Waals surface area contributed by atoms with E-state index in [1.165, 1.54) is 11.1 Å². The van der Waals surface area contributed by atoms with Gasteiger partial charge in [0.25, 0.3) is 0 Å². The molecule has 6 heteroatoms. The monoisotopic (exact) mass is 331 g/mol. The van der Waals surface area contributed by atoms with E-state index in [0.717, 1.165) is 42.5 Å². The van der Waals surface area contributed by atoms with Crippen LogP contribution in [0.2, 0.25) is 0 Å². The highest BCUT2D eigenvalue weighted by Gasteiger charge is 2.17. The van der Waals surface area contributed by atoms with Crippen LogP contribution in [0.1, 0.15) is 29.4 Å². The topological polar surface area (TPSA) is 59.8 Å². The maximum Gasteiger partial charge on any atom is 0.231 e. The Hall–Kier alpha value is -2.05. The van der Waals surface area contributed by atoms with E-state index in [1.807, 2.05) is 17.7 Å². The predicted molar refractivity (Wildman–Crippen MR) is 91.1 cm³/mol. The number of ether oxygens (including phenoxy) is 2. The van der Waals surface area contributed by atoms with Gasteiger partial charge in [0.15, 0.2) is 11.5 Å². The second kappa shape index (κ2) is 7.23. The Bertz CT molecular complexity index is 712. The standard InChI is InChI=1S/C18H25N3O3/c1-4-20(10-15-5-6-17-18(9-15)24-12-23-17)11-16-13(2)19-21(7-8-22)14(16)3/h5-6,9,22H,4,7-8,10-12H2,1-3H3. The molecule has 0 bridgehead atoms. The predicted octanol–water partition coefficient (Wildman–Crippen LogP) is 2.24. The average Bonchev–Trinajstić information content (AvgIpc) is 3.14. The fraction of sp³-hybridized carbons (Fsp3) is 0.500. The van der Waals surface area contributed by atoms with Crippen LogP contribution in [-0.4, -0.2) is 39.7 Å². The minimum atomic E-state index is 0.107. The molecule has 0 atom stereocenters. The number of hydrogen-bond acceptors (Lipinski definition) is 5. The summed E-state index contributed by atoms with van der Waals surface area (Å²) < 4.78 is 12.7. The molecular weight excluding hydrogens is 306 g/mol. The molecule has 1 aromatic carbocycles. The molecule has 0 aliphatic carbocycles. The van der Waals surface area contributed by atoms with Crippen molar-refractivity contribution in [1.29, 1.82) is 0 Å². The van der Waals surface area contributed by atoms with Gasteiger partial charge in [0.1, 0.15) is 0 Å². The van der Waals surface area contributed by atoms with Gasteiger partial charge in [-0.1, -0.05) is 13.0 Å². The largest absolute Gasteiger partial charge is 0.454 e. The smallest absolute Gasteiger partial charge is 0.231 e. The lowest BCUT2D eigenvalue weighted by Gasteiger charge is -2.21. The summed E-state index contributed by atoms with van der Waals surface area (Å²) in [5.74, 6) is 1.64. The molecule has 0 spiro atoms. The van der Waals surface area contributed by atoms with E-state index < -0.39 is 0 Å². The number of benzene rings is 1. The third kappa shape index (κ3) is 3.39. The lowest BCUT2D eigenvalue weighted by Crippen LogP contribution is -2.23. The van der Waals surface area contributed by atoms with Gasteiger partial charge in [-0.3, -0.25) is 9.58 Å². The van der Waals surface area contributed by atoms with Crippen LogP contribution < -0.4 is 9.47 Å². The summed E-state index contributed by atoms with van der Waals surface area (Å²) in [7, 11) is 0. The highest BCUT2D eigenvalue weighted by molar-refractivity contribution is 5.44. The minimum absolute atomic E-state index is 0.107. The van der Waals surface area contributed by atoms with E-state index in [1.54, 1.807) is 0 Å². The van der Waals surface area contributed by atoms with Crippen LogP contribution in [0.3, 0.4) is 0 Å². The fourth-order valence-electron chi connectivity index (χ4n) is 3.08. The van der Waals surface area contributed by atoms with Crippen molar-refractivity contribution in [2.45, 2.75) is 40.4 Å². The molecule has 0 saturated heterocycles. The van der Waals surface area contributed by atoms with Crippen molar-refractivity contribution in [3.05, 3.63) is 40.7 Å². The van der Waals surface area contributed by atoms with Crippen molar-refractivity contribution in [2.24, 2.45) is 0 Å². The molecule has 1 N–H and O–H groups in total. The summed E-state index contributed by atoms with van der Waals surface area (Å²) in [5, 5.41) is 13.7. The zero-order chi connectivity index (χ0) is 17.1. The van der Waals surface area contributed by atoms with E-state index in [-0.39, 0.29) is 6.61 Å². The number of rotatable bonds is 7. The van der Waals surface area contributed by atoms with Crippen LogP contribution in [0.4, 0.5) is 0 Å². The molecule has 1 aromatic heterocycles. The number of aryl methyl sites for hydroxylation is 1. The molecule has 0 saturated carbocycles. The summed E-state index contributed by atoms with van der Waals surface area (Å²) in [5.41, 5.74) is 4.61. The molecule has 24 heavy (non-hydrogen) atoms. The van der Waals surface area contributed by atoms with Crippen LogP contribution in [0.15, 0.2) is 18.2 Å². The Balaban J connectivity index is 1.73. The van der Waals surface area contributed by atoms with E-state index in [0.29, 0.717) is 13.3 Å². The number of aromatic nitrogens is 2. The van der Waals surface area contributed by atoms with Crippen molar-refractivity contribution in [3.8, 4) is 11.5 Å². The fourth-order valence-corrected chi connectivity index (χ4v) is 3.08. The van der Waals surface area contributed by atoms with Crippen molar-refractivity contribution in [3.63, 3.8) is 0 Å². The van der Waals surface area contributed by atoms with Gasteiger partial charge in [0.2, 0.25) is 6.79 Å². The van der Waals surface area contributed by atoms with Crippen LogP contribution in [0.25, 0.3) is 0 Å². The summed E-state index contributed by atoms with van der Waals surface area (Å²) in [6.45, 7) is 9.85. The third-order valence-electron chi connectivity index (χ3n) is 4.52. The Morgan fingerprint density at radius 2 is 2.00 bits per heavy atom. The molecule has 6 nitrogen and oxygen atoms in total. The minimum Gasteiger partial charge on any atom is -0.454 e. The third-order valence-corrected chi connectivity index (χ3v) is 4.52. The van der Waals surface area contributed by atoms with Crippen molar-refractivity contribution in [1.82, 2.24) is 14.7 Å². The summed E-state index contributed by atoms with van der Waals surface area (Å²) >= 11 is 0. The Morgan fingerprint density at radius 1 is 1.21 bits per heavy atom. The molecule has 0 radical (unpaired) electrons. The maximum atomic E-state index is 9.15. The van der Waals surface area contributed by atoms with Crippen LogP contribution >= 0.6 is 0 Å². The van der Waals surface area contributed by atoms with Crippen LogP contribution in [-0.2, 0) is 19.6 Å². The van der Waals surface area contributed by atoms with Crippen molar-refractivity contribution >= 4 is 0 Å². The second-order valence-electron chi connectivity index (χ2n) is 6.09. The maximum absolute atomic E-state index is 9.15. The Morgan fingerprint density at radius 3 is 2.75 bits per heavy atom. The van der Waals surface area contributed by atoms with Gasteiger partial charge in [0.05, 0.1) is 18.8 Å². The summed E-state index contributed by atoms with van der Waals surface area (Å²) in [6.07, 6.45) is 0. The lowest BCUT2D eigenvalue weighted by atomic mass is 10.1. The van der Waals surface area contributed by atoms with E-state index in [9.17, 15) is 0 Å². The van der Waals surface area contributed by atoms with Gasteiger partial charge in [-0.25, -0.2) is 0 Å².